The van der Waals surface area contributed by atoms with Crippen LogP contribution in [0, 0.1) is 0 Å². The number of aryl methyl sites for hydroxylation is 1. The van der Waals surface area contributed by atoms with Crippen molar-refractivity contribution in [1.82, 2.24) is 15.2 Å². The minimum atomic E-state index is -0.655. The fraction of sp³-hybridized carbons (Fsp3) is 0.154. The zero-order valence-corrected chi connectivity index (χ0v) is 11.1. The molecule has 20 heavy (non-hydrogen) atoms. The normalized spacial score (nSPS) is 10.2. The topological polar surface area (TPSA) is 99.2 Å². The number of ether oxygens (including phenoxy) is 1. The largest absolute Gasteiger partial charge is 0.497 e. The number of hydrogen-bond donors (Lipinski definition) is 2. The van der Waals surface area contributed by atoms with E-state index in [0.29, 0.717) is 11.4 Å². The second kappa shape index (κ2) is 5.54. The summed E-state index contributed by atoms with van der Waals surface area (Å²) in [6.45, 7) is 0. The summed E-state index contributed by atoms with van der Waals surface area (Å²) in [4.78, 5) is 23.4. The van der Waals surface area contributed by atoms with E-state index >= 15 is 0 Å². The lowest BCUT2D eigenvalue weighted by Gasteiger charge is -2.08. The van der Waals surface area contributed by atoms with Gasteiger partial charge in [-0.05, 0) is 18.2 Å². The maximum atomic E-state index is 11.8. The van der Waals surface area contributed by atoms with Crippen LogP contribution >= 0.6 is 0 Å². The highest BCUT2D eigenvalue weighted by molar-refractivity contribution is 5.94. The third-order valence-electron chi connectivity index (χ3n) is 2.80. The van der Waals surface area contributed by atoms with Crippen LogP contribution in [0.3, 0.4) is 0 Å². The van der Waals surface area contributed by atoms with Crippen LogP contribution in [0.4, 0.5) is 0 Å². The molecule has 0 bridgehead atoms. The first-order chi connectivity index (χ1) is 9.56. The van der Waals surface area contributed by atoms with Gasteiger partial charge < -0.3 is 4.74 Å². The molecule has 0 aliphatic heterocycles. The number of nitrogen functional groups attached to an aromatic ring is 1. The van der Waals surface area contributed by atoms with Crippen LogP contribution < -0.4 is 21.6 Å². The number of amides is 1. The number of carbonyl (C=O) groups is 1. The average molecular weight is 274 g/mol. The third-order valence-corrected chi connectivity index (χ3v) is 2.80. The van der Waals surface area contributed by atoms with Crippen LogP contribution in [-0.4, -0.2) is 22.8 Å². The second-order valence-corrected chi connectivity index (χ2v) is 4.08. The number of benzene rings is 1. The summed E-state index contributed by atoms with van der Waals surface area (Å²) in [5, 5.41) is 4.12. The molecule has 2 aromatic rings. The van der Waals surface area contributed by atoms with Crippen LogP contribution in [0.2, 0.25) is 0 Å². The summed E-state index contributed by atoms with van der Waals surface area (Å²) in [6, 6.07) is 8.55. The predicted octanol–water partition coefficient (Wildman–Crippen LogP) is 0.0594. The van der Waals surface area contributed by atoms with Crippen molar-refractivity contribution in [2.45, 2.75) is 0 Å². The number of aromatic nitrogens is 2. The lowest BCUT2D eigenvalue weighted by molar-refractivity contribution is 0.0951. The van der Waals surface area contributed by atoms with Gasteiger partial charge in [0.05, 0.1) is 12.8 Å². The first kappa shape index (κ1) is 13.8. The number of nitrogens with zero attached hydrogens (tertiary/aromatic N) is 2. The molecule has 7 heteroatoms. The highest BCUT2D eigenvalue weighted by Crippen LogP contribution is 2.21. The average Bonchev–Trinajstić information content (AvgIpc) is 2.49. The Morgan fingerprint density at radius 1 is 1.40 bits per heavy atom. The molecule has 2 rings (SSSR count). The van der Waals surface area contributed by atoms with Crippen molar-refractivity contribution in [2.75, 3.05) is 7.11 Å². The summed E-state index contributed by atoms with van der Waals surface area (Å²) in [5.41, 5.74) is 2.57. The molecule has 7 nitrogen and oxygen atoms in total. The fourth-order valence-corrected chi connectivity index (χ4v) is 1.77. The summed E-state index contributed by atoms with van der Waals surface area (Å²) < 4.78 is 6.23. The summed E-state index contributed by atoms with van der Waals surface area (Å²) in [5.74, 6) is 5.07. The van der Waals surface area contributed by atoms with Gasteiger partial charge in [0.1, 0.15) is 11.3 Å². The molecule has 0 unspecified atom stereocenters. The van der Waals surface area contributed by atoms with Gasteiger partial charge in [-0.2, -0.15) is 5.10 Å². The van der Waals surface area contributed by atoms with Crippen molar-refractivity contribution in [3.63, 3.8) is 0 Å². The minimum absolute atomic E-state index is 0.0668. The van der Waals surface area contributed by atoms with Crippen molar-refractivity contribution in [3.8, 4) is 17.0 Å². The molecule has 0 saturated carbocycles. The van der Waals surface area contributed by atoms with Crippen molar-refractivity contribution in [2.24, 2.45) is 12.9 Å². The maximum Gasteiger partial charge on any atom is 0.279 e. The van der Waals surface area contributed by atoms with E-state index in [-0.39, 0.29) is 5.56 Å². The molecule has 0 atom stereocenters. The van der Waals surface area contributed by atoms with Gasteiger partial charge >= 0.3 is 0 Å². The molecule has 0 fully saturated rings. The van der Waals surface area contributed by atoms with Gasteiger partial charge in [0, 0.05) is 12.6 Å². The van der Waals surface area contributed by atoms with Crippen LogP contribution in [-0.2, 0) is 7.05 Å². The van der Waals surface area contributed by atoms with Crippen molar-refractivity contribution < 1.29 is 9.53 Å². The van der Waals surface area contributed by atoms with E-state index < -0.39 is 11.5 Å². The highest BCUT2D eigenvalue weighted by atomic mass is 16.5. The molecule has 1 heterocycles. The maximum absolute atomic E-state index is 11.8. The van der Waals surface area contributed by atoms with Crippen LogP contribution in [0.1, 0.15) is 10.4 Å². The molecular formula is C13H14N4O3. The van der Waals surface area contributed by atoms with Gasteiger partial charge in [0.2, 0.25) is 0 Å². The van der Waals surface area contributed by atoms with Gasteiger partial charge in [-0.3, -0.25) is 15.0 Å². The molecular weight excluding hydrogens is 260 g/mol. The van der Waals surface area contributed by atoms with E-state index in [1.54, 1.807) is 31.4 Å². The van der Waals surface area contributed by atoms with E-state index in [1.165, 1.54) is 13.1 Å². The lowest BCUT2D eigenvalue weighted by atomic mass is 10.1. The van der Waals surface area contributed by atoms with Crippen molar-refractivity contribution >= 4 is 5.91 Å². The summed E-state index contributed by atoms with van der Waals surface area (Å²) >= 11 is 0. The number of nitrogens with two attached hydrogens (primary N) is 1. The number of hydrogen-bond acceptors (Lipinski definition) is 5. The summed E-state index contributed by atoms with van der Waals surface area (Å²) in [6.07, 6.45) is 0. The number of rotatable bonds is 3. The van der Waals surface area contributed by atoms with Crippen LogP contribution in [0.15, 0.2) is 35.1 Å². The Morgan fingerprint density at radius 3 is 2.80 bits per heavy atom. The standard InChI is InChI=1S/C13H14N4O3/c1-17-13(19)10(12(18)15-14)7-11(16-17)8-4-3-5-9(6-8)20-2/h3-7H,14H2,1-2H3,(H,15,18). The molecule has 1 amide bonds. The summed E-state index contributed by atoms with van der Waals surface area (Å²) in [7, 11) is 3.03. The molecule has 0 aliphatic carbocycles. The third kappa shape index (κ3) is 2.52. The van der Waals surface area contributed by atoms with Crippen molar-refractivity contribution in [3.05, 3.63) is 46.2 Å². The van der Waals surface area contributed by atoms with E-state index in [2.05, 4.69) is 5.10 Å². The Morgan fingerprint density at radius 2 is 2.15 bits per heavy atom. The molecule has 0 radical (unpaired) electrons. The van der Waals surface area contributed by atoms with E-state index in [1.807, 2.05) is 5.43 Å². The van der Waals surface area contributed by atoms with Crippen LogP contribution in [0.25, 0.3) is 11.3 Å². The molecule has 0 aliphatic rings. The van der Waals surface area contributed by atoms with Gasteiger partial charge in [0.15, 0.2) is 0 Å². The fourth-order valence-electron chi connectivity index (χ4n) is 1.77. The van der Waals surface area contributed by atoms with Crippen molar-refractivity contribution in [1.29, 1.82) is 0 Å². The Bertz CT molecular complexity index is 709. The van der Waals surface area contributed by atoms with Crippen LogP contribution in [0.5, 0.6) is 5.75 Å². The molecule has 1 aromatic heterocycles. The van der Waals surface area contributed by atoms with E-state index in [9.17, 15) is 9.59 Å². The number of nitrogens with one attached hydrogen (secondary N) is 1. The van der Waals surface area contributed by atoms with Gasteiger partial charge in [0.25, 0.3) is 11.5 Å². The van der Waals surface area contributed by atoms with Gasteiger partial charge in [-0.1, -0.05) is 12.1 Å². The molecule has 104 valence electrons. The molecule has 0 saturated heterocycles. The Labute approximate surface area is 114 Å². The Kier molecular flexibility index (Phi) is 3.81. The lowest BCUT2D eigenvalue weighted by Crippen LogP contribution is -2.36. The quantitative estimate of drug-likeness (QED) is 0.468. The molecule has 0 spiro atoms. The Balaban J connectivity index is 2.60. The first-order valence-electron chi connectivity index (χ1n) is 5.80. The zero-order chi connectivity index (χ0) is 14.7. The number of carbonyl (C=O) groups excluding carboxylic acids is 1. The molecule has 3 N–H and O–H groups in total. The van der Waals surface area contributed by atoms with E-state index in [4.69, 9.17) is 10.6 Å². The predicted molar refractivity (Wildman–Crippen MR) is 73.1 cm³/mol. The highest BCUT2D eigenvalue weighted by Gasteiger charge is 2.14. The first-order valence-corrected chi connectivity index (χ1v) is 5.80. The minimum Gasteiger partial charge on any atom is -0.497 e. The smallest absolute Gasteiger partial charge is 0.279 e. The SMILES string of the molecule is COc1cccc(-c2cc(C(=O)NN)c(=O)n(C)n2)c1. The monoisotopic (exact) mass is 274 g/mol. The van der Waals surface area contributed by atoms with Gasteiger partial charge in [-0.25, -0.2) is 10.5 Å². The Hall–Kier alpha value is -2.67. The molecule has 1 aromatic carbocycles. The van der Waals surface area contributed by atoms with Gasteiger partial charge in [-0.15, -0.1) is 0 Å². The zero-order valence-electron chi connectivity index (χ0n) is 11.1. The number of hydrazine groups is 1. The number of methoxy groups -OCH3 is 1. The second-order valence-electron chi connectivity index (χ2n) is 4.08. The van der Waals surface area contributed by atoms with E-state index in [0.717, 1.165) is 10.2 Å².